The van der Waals surface area contributed by atoms with Gasteiger partial charge < -0.3 is 20.8 Å². The van der Waals surface area contributed by atoms with E-state index in [0.29, 0.717) is 32.5 Å². The summed E-state index contributed by atoms with van der Waals surface area (Å²) in [5.41, 5.74) is 10.5. The van der Waals surface area contributed by atoms with Crippen LogP contribution in [0.5, 0.6) is 0 Å². The number of nitrogens with one attached hydrogen (secondary N) is 2. The zero-order chi connectivity index (χ0) is 26.4. The molecule has 0 aliphatic carbocycles. The molecule has 4 N–H and O–H groups in total. The second-order valence-electron chi connectivity index (χ2n) is 9.40. The van der Waals surface area contributed by atoms with Crippen molar-refractivity contribution in [1.82, 2.24) is 14.6 Å². The summed E-state index contributed by atoms with van der Waals surface area (Å²) < 4.78 is 32.5. The first kappa shape index (κ1) is 26.8. The number of fused-ring (bicyclic) bond motifs is 1. The number of nitrogens with two attached hydrogens (primary N) is 1. The smallest absolute Gasteiger partial charge is 0.221 e. The number of H-pyrrole nitrogens is 1. The molecule has 2 heterocycles. The Morgan fingerprint density at radius 3 is 2.51 bits per heavy atom. The molecule has 4 rings (SSSR count). The number of ether oxygens (including phenoxy) is 1. The maximum atomic E-state index is 12.8. The molecule has 0 atom stereocenters. The second kappa shape index (κ2) is 11.9. The first-order valence-electron chi connectivity index (χ1n) is 12.5. The number of hydrogen-bond acceptors (Lipinski definition) is 5. The summed E-state index contributed by atoms with van der Waals surface area (Å²) in [6.45, 7) is 3.04. The predicted octanol–water partition coefficient (Wildman–Crippen LogP) is 2.52. The molecule has 37 heavy (non-hydrogen) atoms. The SMILES string of the molecule is CC(=O)NCCOCCS(=O)(=O)N1CCC(c2c[nH]c3c(CC(N)=O)cc(-c4ccccc4)cc23)CC1. The van der Waals surface area contributed by atoms with Crippen LogP contribution in [0.3, 0.4) is 0 Å². The van der Waals surface area contributed by atoms with Crippen LogP contribution in [0.1, 0.15) is 36.8 Å². The molecule has 1 aliphatic rings. The Morgan fingerprint density at radius 1 is 1.11 bits per heavy atom. The quantitative estimate of drug-likeness (QED) is 0.330. The summed E-state index contributed by atoms with van der Waals surface area (Å²) in [7, 11) is -3.42. The van der Waals surface area contributed by atoms with Gasteiger partial charge in [-0.2, -0.15) is 0 Å². The van der Waals surface area contributed by atoms with Crippen LogP contribution in [0, 0.1) is 0 Å². The number of hydrogen-bond donors (Lipinski definition) is 3. The third-order valence-corrected chi connectivity index (χ3v) is 8.60. The lowest BCUT2D eigenvalue weighted by atomic mass is 9.88. The Morgan fingerprint density at radius 2 is 1.84 bits per heavy atom. The van der Waals surface area contributed by atoms with E-state index in [1.165, 1.54) is 6.92 Å². The Hall–Kier alpha value is -3.21. The Balaban J connectivity index is 1.45. The van der Waals surface area contributed by atoms with Gasteiger partial charge in [-0.15, -0.1) is 0 Å². The summed E-state index contributed by atoms with van der Waals surface area (Å²) in [5, 5.41) is 3.66. The normalized spacial score (nSPS) is 15.2. The van der Waals surface area contributed by atoms with Gasteiger partial charge in [0.05, 0.1) is 25.4 Å². The van der Waals surface area contributed by atoms with Crippen molar-refractivity contribution in [2.75, 3.05) is 38.6 Å². The number of aromatic amines is 1. The van der Waals surface area contributed by atoms with E-state index in [1.807, 2.05) is 42.6 Å². The minimum absolute atomic E-state index is 0.0816. The Bertz CT molecular complexity index is 1350. The summed E-state index contributed by atoms with van der Waals surface area (Å²) in [4.78, 5) is 26.0. The lowest BCUT2D eigenvalue weighted by Crippen LogP contribution is -2.40. The average molecular weight is 527 g/mol. The zero-order valence-corrected chi connectivity index (χ0v) is 21.9. The average Bonchev–Trinajstić information content (AvgIpc) is 3.31. The van der Waals surface area contributed by atoms with Crippen LogP contribution >= 0.6 is 0 Å². The van der Waals surface area contributed by atoms with Gasteiger partial charge in [0.25, 0.3) is 0 Å². The molecule has 0 radical (unpaired) electrons. The fourth-order valence-electron chi connectivity index (χ4n) is 4.93. The van der Waals surface area contributed by atoms with E-state index in [2.05, 4.69) is 16.4 Å². The van der Waals surface area contributed by atoms with Crippen molar-refractivity contribution in [2.24, 2.45) is 5.73 Å². The first-order chi connectivity index (χ1) is 17.7. The van der Waals surface area contributed by atoms with Crippen molar-refractivity contribution < 1.29 is 22.7 Å². The second-order valence-corrected chi connectivity index (χ2v) is 11.5. The highest BCUT2D eigenvalue weighted by Gasteiger charge is 2.30. The van der Waals surface area contributed by atoms with E-state index in [1.54, 1.807) is 4.31 Å². The predicted molar refractivity (Wildman–Crippen MR) is 143 cm³/mol. The molecule has 2 aromatic carbocycles. The molecular formula is C27H34N4O5S. The minimum atomic E-state index is -3.42. The number of primary amides is 1. The van der Waals surface area contributed by atoms with Gasteiger partial charge in [-0.25, -0.2) is 12.7 Å². The van der Waals surface area contributed by atoms with Gasteiger partial charge in [-0.05, 0) is 53.1 Å². The molecule has 0 saturated carbocycles. The van der Waals surface area contributed by atoms with Gasteiger partial charge >= 0.3 is 0 Å². The van der Waals surface area contributed by atoms with Crippen molar-refractivity contribution in [1.29, 1.82) is 0 Å². The zero-order valence-electron chi connectivity index (χ0n) is 21.0. The first-order valence-corrected chi connectivity index (χ1v) is 14.1. The number of sulfonamides is 1. The lowest BCUT2D eigenvalue weighted by molar-refractivity contribution is -0.119. The number of nitrogens with zero attached hydrogens (tertiary/aromatic N) is 1. The molecule has 1 aromatic heterocycles. The molecular weight excluding hydrogens is 492 g/mol. The fourth-order valence-corrected chi connectivity index (χ4v) is 6.28. The van der Waals surface area contributed by atoms with Gasteiger partial charge in [-0.3, -0.25) is 9.59 Å². The van der Waals surface area contributed by atoms with Crippen molar-refractivity contribution in [3.8, 4) is 11.1 Å². The molecule has 0 bridgehead atoms. The van der Waals surface area contributed by atoms with Crippen molar-refractivity contribution in [3.63, 3.8) is 0 Å². The third kappa shape index (κ3) is 6.76. The molecule has 3 aromatic rings. The van der Waals surface area contributed by atoms with Gasteiger partial charge in [0, 0.05) is 43.7 Å². The number of amides is 2. The maximum absolute atomic E-state index is 12.8. The maximum Gasteiger partial charge on any atom is 0.221 e. The standard InChI is InChI=1S/C27H34N4O5S/c1-19(32)29-9-12-36-13-14-37(34,35)31-10-7-21(8-11-31)25-18-30-27-23(17-26(28)33)15-22(16-24(25)27)20-5-3-2-4-6-20/h2-6,15-16,18,21,30H,7-14,17H2,1H3,(H2,28,33)(H,29,32). The van der Waals surface area contributed by atoms with Crippen LogP contribution in [0.25, 0.3) is 22.0 Å². The Kier molecular flexibility index (Phi) is 8.63. The minimum Gasteiger partial charge on any atom is -0.379 e. The number of rotatable bonds is 11. The molecule has 1 fully saturated rings. The molecule has 0 unspecified atom stereocenters. The molecule has 9 nitrogen and oxygen atoms in total. The molecule has 198 valence electrons. The lowest BCUT2D eigenvalue weighted by Gasteiger charge is -2.31. The highest BCUT2D eigenvalue weighted by molar-refractivity contribution is 7.89. The molecule has 1 aliphatic heterocycles. The van der Waals surface area contributed by atoms with Crippen LogP contribution in [0.15, 0.2) is 48.7 Å². The van der Waals surface area contributed by atoms with E-state index in [9.17, 15) is 18.0 Å². The molecule has 0 spiro atoms. The van der Waals surface area contributed by atoms with E-state index in [4.69, 9.17) is 10.5 Å². The summed E-state index contributed by atoms with van der Waals surface area (Å²) in [6, 6.07) is 14.2. The highest BCUT2D eigenvalue weighted by Crippen LogP contribution is 2.37. The molecule has 2 amide bonds. The van der Waals surface area contributed by atoms with E-state index in [0.717, 1.165) is 33.2 Å². The van der Waals surface area contributed by atoms with Gasteiger partial charge in [-0.1, -0.05) is 30.3 Å². The molecule has 1 saturated heterocycles. The van der Waals surface area contributed by atoms with Crippen LogP contribution in [0.2, 0.25) is 0 Å². The van der Waals surface area contributed by atoms with Crippen molar-refractivity contribution >= 4 is 32.7 Å². The van der Waals surface area contributed by atoms with Gasteiger partial charge in [0.15, 0.2) is 0 Å². The summed E-state index contributed by atoms with van der Waals surface area (Å²) in [5.74, 6) is -0.418. The third-order valence-electron chi connectivity index (χ3n) is 6.77. The number of piperidine rings is 1. The largest absolute Gasteiger partial charge is 0.379 e. The van der Waals surface area contributed by atoms with Crippen molar-refractivity contribution in [3.05, 3.63) is 59.8 Å². The van der Waals surface area contributed by atoms with Crippen molar-refractivity contribution in [2.45, 2.75) is 32.1 Å². The van der Waals surface area contributed by atoms with Crippen LogP contribution in [-0.2, 0) is 30.8 Å². The van der Waals surface area contributed by atoms with Gasteiger partial charge in [0.1, 0.15) is 0 Å². The van der Waals surface area contributed by atoms with Crippen LogP contribution in [-0.4, -0.2) is 68.1 Å². The van der Waals surface area contributed by atoms with Crippen LogP contribution < -0.4 is 11.1 Å². The van der Waals surface area contributed by atoms with E-state index in [-0.39, 0.29) is 43.1 Å². The number of benzene rings is 2. The summed E-state index contributed by atoms with van der Waals surface area (Å²) >= 11 is 0. The van der Waals surface area contributed by atoms with E-state index < -0.39 is 10.0 Å². The topological polar surface area (TPSA) is 135 Å². The Labute approximate surface area is 217 Å². The van der Waals surface area contributed by atoms with Gasteiger partial charge in [0.2, 0.25) is 21.8 Å². The fraction of sp³-hybridized carbons (Fsp3) is 0.407. The summed E-state index contributed by atoms with van der Waals surface area (Å²) in [6.07, 6.45) is 3.54. The molecule has 10 heteroatoms. The number of carbonyl (C=O) groups excluding carboxylic acids is 2. The highest BCUT2D eigenvalue weighted by atomic mass is 32.2. The monoisotopic (exact) mass is 526 g/mol. The van der Waals surface area contributed by atoms with E-state index >= 15 is 0 Å². The number of aromatic nitrogens is 1. The number of carbonyl (C=O) groups is 2. The van der Waals surface area contributed by atoms with Crippen LogP contribution in [0.4, 0.5) is 0 Å².